The van der Waals surface area contributed by atoms with Crippen LogP contribution in [0.2, 0.25) is 0 Å². The molecule has 5 aromatic carbocycles. The Balaban J connectivity index is 1.37. The summed E-state index contributed by atoms with van der Waals surface area (Å²) in [6.07, 6.45) is 3.71. The average Bonchev–Trinajstić information content (AvgIpc) is 3.30. The van der Waals surface area contributed by atoms with Gasteiger partial charge in [0, 0.05) is 29.9 Å². The zero-order valence-corrected chi connectivity index (χ0v) is 40.2. The number of benzene rings is 5. The molecule has 9 N–H and O–H groups in total. The van der Waals surface area contributed by atoms with Crippen molar-refractivity contribution < 1.29 is 44.1 Å². The second kappa shape index (κ2) is 26.2. The smallest absolute Gasteiger partial charge is 0.338 e. The number of rotatable bonds is 28. The topological polar surface area (TPSA) is 202 Å². The highest BCUT2D eigenvalue weighted by molar-refractivity contribution is 6.10. The number of Topliss-reactive ketones (excluding diaryl/α,β-unsaturated/α-hetero) is 2. The first-order valence-corrected chi connectivity index (χ1v) is 24.0. The molecule has 0 aliphatic heterocycles. The van der Waals surface area contributed by atoms with Crippen LogP contribution in [0.3, 0.4) is 0 Å². The van der Waals surface area contributed by atoms with E-state index in [2.05, 4.69) is 60.2 Å². The summed E-state index contributed by atoms with van der Waals surface area (Å²) in [4.78, 5) is 59.0. The number of unbranched alkanes of at least 4 members (excludes halogenated alkanes) is 1. The molecule has 0 saturated heterocycles. The van der Waals surface area contributed by atoms with Crippen LogP contribution in [0.15, 0.2) is 97.1 Å². The number of hydrogen-bond acceptors (Lipinski definition) is 7. The van der Waals surface area contributed by atoms with Crippen molar-refractivity contribution in [3.05, 3.63) is 108 Å². The minimum absolute atomic E-state index is 0.0507. The highest BCUT2D eigenvalue weighted by atomic mass is 16.5. The van der Waals surface area contributed by atoms with Crippen molar-refractivity contribution in [3.8, 4) is 22.6 Å². The Morgan fingerprint density at radius 1 is 0.687 bits per heavy atom. The lowest BCUT2D eigenvalue weighted by Crippen LogP contribution is -2.78. The molecule has 5 rings (SSSR count). The van der Waals surface area contributed by atoms with Gasteiger partial charge in [0.25, 0.3) is 0 Å². The first kappa shape index (κ1) is 51.7. The summed E-state index contributed by atoms with van der Waals surface area (Å²) in [7, 11) is 0. The minimum atomic E-state index is -0.924. The fourth-order valence-corrected chi connectivity index (χ4v) is 8.37. The number of hydrogen-bond donors (Lipinski definition) is 5. The van der Waals surface area contributed by atoms with E-state index in [1.54, 1.807) is 0 Å². The Morgan fingerprint density at radius 3 is 1.91 bits per heavy atom. The summed E-state index contributed by atoms with van der Waals surface area (Å²) in [5, 5.41) is 7.02. The second-order valence-electron chi connectivity index (χ2n) is 18.6. The Kier molecular flexibility index (Phi) is 20.2. The molecule has 67 heavy (non-hydrogen) atoms. The fourth-order valence-electron chi connectivity index (χ4n) is 8.37. The molecule has 0 aromatic heterocycles. The van der Waals surface area contributed by atoms with Crippen molar-refractivity contribution in [1.82, 2.24) is 5.32 Å². The Hall–Kier alpha value is -6.27. The molecule has 0 bridgehead atoms. The van der Waals surface area contributed by atoms with E-state index in [1.807, 2.05) is 87.5 Å². The van der Waals surface area contributed by atoms with Crippen LogP contribution in [0.5, 0.6) is 11.5 Å². The lowest BCUT2D eigenvalue weighted by molar-refractivity contribution is -0.459. The Labute approximate surface area is 396 Å². The number of carbonyl (C=O) groups excluding carboxylic acids is 4. The van der Waals surface area contributed by atoms with Crippen molar-refractivity contribution in [1.29, 1.82) is 0 Å². The van der Waals surface area contributed by atoms with E-state index in [1.165, 1.54) is 0 Å². The van der Waals surface area contributed by atoms with Gasteiger partial charge in [-0.05, 0) is 103 Å². The van der Waals surface area contributed by atoms with Crippen molar-refractivity contribution >= 4 is 50.9 Å². The van der Waals surface area contributed by atoms with Crippen molar-refractivity contribution in [2.75, 3.05) is 26.3 Å². The van der Waals surface area contributed by atoms with Crippen LogP contribution in [0, 0.1) is 30.6 Å². The number of fused-ring (bicyclic) bond motifs is 2. The maximum Gasteiger partial charge on any atom is 0.338 e. The molecule has 12 heteroatoms. The highest BCUT2D eigenvalue weighted by Gasteiger charge is 2.32. The van der Waals surface area contributed by atoms with Crippen LogP contribution in [-0.4, -0.2) is 61.7 Å². The summed E-state index contributed by atoms with van der Waals surface area (Å²) in [5.74, 6) is -0.951. The Morgan fingerprint density at radius 2 is 1.31 bits per heavy atom. The SMILES string of the molecule is Cc1ccc(COC(=O)[C@@H](CC(=O)[C@@H](CCC[NH+]=C(N)N)NC(=O)[C@@H](CCCC[NH3+])CC(=O)COc2ccc3ccccc3c2-c2c(OCCC(C)C)ccc3ccccc23)CC(C)C)cc1. The number of nitrogens with two attached hydrogens (primary N) is 2. The maximum atomic E-state index is 14.3. The summed E-state index contributed by atoms with van der Waals surface area (Å²) >= 11 is 0. The van der Waals surface area contributed by atoms with Gasteiger partial charge in [0.05, 0.1) is 31.7 Å². The fraction of sp³-hybridized carbons (Fsp3) is 0.436. The normalized spacial score (nSPS) is 12.7. The van der Waals surface area contributed by atoms with Gasteiger partial charge >= 0.3 is 11.9 Å². The van der Waals surface area contributed by atoms with Gasteiger partial charge in [-0.2, -0.15) is 0 Å². The molecule has 0 heterocycles. The third-order valence-corrected chi connectivity index (χ3v) is 12.0. The summed E-state index contributed by atoms with van der Waals surface area (Å²) in [6.45, 7) is 11.7. The predicted octanol–water partition coefficient (Wildman–Crippen LogP) is 6.74. The predicted molar refractivity (Wildman–Crippen MR) is 266 cm³/mol. The summed E-state index contributed by atoms with van der Waals surface area (Å²) in [5.41, 5.74) is 18.9. The van der Waals surface area contributed by atoms with Gasteiger partial charge in [-0.15, -0.1) is 0 Å². The molecule has 358 valence electrons. The number of nitrogens with one attached hydrogen (secondary N) is 2. The molecular formula is C55H73N5O7+2. The molecule has 0 spiro atoms. The van der Waals surface area contributed by atoms with Crippen molar-refractivity contribution in [2.45, 2.75) is 105 Å². The van der Waals surface area contributed by atoms with Crippen LogP contribution in [-0.2, 0) is 30.5 Å². The highest BCUT2D eigenvalue weighted by Crippen LogP contribution is 2.45. The second-order valence-corrected chi connectivity index (χ2v) is 18.6. The van der Waals surface area contributed by atoms with E-state index in [0.29, 0.717) is 57.0 Å². The zero-order chi connectivity index (χ0) is 48.3. The van der Waals surface area contributed by atoms with Crippen LogP contribution < -0.4 is 37.0 Å². The Bertz CT molecular complexity index is 2440. The van der Waals surface area contributed by atoms with Crippen LogP contribution >= 0.6 is 0 Å². The van der Waals surface area contributed by atoms with E-state index >= 15 is 0 Å². The molecule has 0 aliphatic carbocycles. The number of amides is 1. The summed E-state index contributed by atoms with van der Waals surface area (Å²) < 4.78 is 18.7. The van der Waals surface area contributed by atoms with Crippen molar-refractivity contribution in [2.24, 2.45) is 35.1 Å². The van der Waals surface area contributed by atoms with Crippen molar-refractivity contribution in [3.63, 3.8) is 0 Å². The monoisotopic (exact) mass is 916 g/mol. The van der Waals surface area contributed by atoms with E-state index < -0.39 is 29.8 Å². The van der Waals surface area contributed by atoms with Crippen LogP contribution in [0.25, 0.3) is 32.7 Å². The number of esters is 1. The number of ketones is 2. The van der Waals surface area contributed by atoms with E-state index in [0.717, 1.165) is 62.4 Å². The molecular weight excluding hydrogens is 843 g/mol. The van der Waals surface area contributed by atoms with Gasteiger partial charge in [-0.25, -0.2) is 0 Å². The third kappa shape index (κ3) is 15.9. The molecule has 0 fully saturated rings. The standard InChI is InChI=1S/C55H71N5O7/c1-36(2)27-30-65-49-25-23-40-13-6-8-16-45(40)51(49)52-46-17-9-7-14-41(46)24-26-50(52)66-35-44(61)32-42(15-10-11-28-56)53(63)60-47(18-12-29-59-55(57)58)48(62)33-43(31-37(3)4)54(64)67-34-39-21-19-38(5)20-22-39/h6-9,13-14,16-17,19-26,36-37,42-43,47H,10-12,15,18,27-35,56H2,1-5H3,(H,60,63)(H4,57,58,59)/p+2/t42-,43+,47+/m0/s1. The maximum absolute atomic E-state index is 14.3. The molecule has 0 aliphatic rings. The molecule has 0 radical (unpaired) electrons. The van der Waals surface area contributed by atoms with Crippen LogP contribution in [0.1, 0.15) is 96.6 Å². The minimum Gasteiger partial charge on any atom is -0.493 e. The zero-order valence-electron chi connectivity index (χ0n) is 40.2. The van der Waals surface area contributed by atoms with Gasteiger partial charge in [-0.3, -0.25) is 35.6 Å². The largest absolute Gasteiger partial charge is 0.493 e. The molecule has 0 unspecified atom stereocenters. The van der Waals surface area contributed by atoms with E-state index in [-0.39, 0.29) is 55.9 Å². The number of carbonyl (C=O) groups is 4. The van der Waals surface area contributed by atoms with Gasteiger partial charge in [0.1, 0.15) is 24.7 Å². The van der Waals surface area contributed by atoms with Crippen LogP contribution in [0.4, 0.5) is 0 Å². The van der Waals surface area contributed by atoms with Gasteiger partial charge < -0.3 is 25.3 Å². The molecule has 3 atom stereocenters. The number of guanidine groups is 1. The molecule has 5 aromatic rings. The van der Waals surface area contributed by atoms with Gasteiger partial charge in [-0.1, -0.05) is 118 Å². The average molecular weight is 916 g/mol. The van der Waals surface area contributed by atoms with Gasteiger partial charge in [0.15, 0.2) is 11.6 Å². The lowest BCUT2D eigenvalue weighted by atomic mass is 9.89. The van der Waals surface area contributed by atoms with E-state index in [4.69, 9.17) is 25.7 Å². The van der Waals surface area contributed by atoms with Gasteiger partial charge in [0.2, 0.25) is 5.91 Å². The molecule has 1 amide bonds. The number of ether oxygens (including phenoxy) is 3. The quantitative estimate of drug-likeness (QED) is 0.0156. The van der Waals surface area contributed by atoms with E-state index in [9.17, 15) is 19.2 Å². The number of aryl methyl sites for hydroxylation is 1. The molecule has 12 nitrogen and oxygen atoms in total. The third-order valence-electron chi connectivity index (χ3n) is 12.0. The number of quaternary nitrogens is 1. The lowest BCUT2D eigenvalue weighted by Gasteiger charge is -2.24. The summed E-state index contributed by atoms with van der Waals surface area (Å²) in [6, 6.07) is 31.0. The first-order chi connectivity index (χ1) is 32.2. The molecule has 0 saturated carbocycles. The first-order valence-electron chi connectivity index (χ1n) is 24.0.